The minimum Gasteiger partial charge on any atom is -0.507 e. The normalized spacial score (nSPS) is 12.7. The molecular weight excluding hydrogens is 779 g/mol. The third-order valence-corrected chi connectivity index (χ3v) is 13.0. The van der Waals surface area contributed by atoms with Gasteiger partial charge in [-0.2, -0.15) is 0 Å². The van der Waals surface area contributed by atoms with E-state index in [1.807, 2.05) is 30.5 Å². The second kappa shape index (κ2) is 17.3. The number of phenols is 1. The predicted octanol–water partition coefficient (Wildman–Crippen LogP) is 16.4. The first-order chi connectivity index (χ1) is 32.1. The average Bonchev–Trinajstić information content (AvgIpc) is 3.73. The zero-order chi connectivity index (χ0) is 47.2. The Kier molecular flexibility index (Phi) is 10.4. The summed E-state index contributed by atoms with van der Waals surface area (Å²) < 4.78 is 25.9. The van der Waals surface area contributed by atoms with Crippen LogP contribution in [0.4, 0.5) is 0 Å². The minimum absolute atomic E-state index is 0.0503. The fourth-order valence-corrected chi connectivity index (χ4v) is 8.74. The van der Waals surface area contributed by atoms with E-state index in [0.29, 0.717) is 17.0 Å². The van der Waals surface area contributed by atoms with Crippen LogP contribution in [0, 0.1) is 6.85 Å². The molecule has 0 unspecified atom stereocenters. The number of hydrogen-bond donors (Lipinski definition) is 1. The molecule has 0 bridgehead atoms. The third-order valence-electron chi connectivity index (χ3n) is 13.0. The lowest BCUT2D eigenvalue weighted by Crippen LogP contribution is -2.16. The van der Waals surface area contributed by atoms with E-state index in [9.17, 15) is 5.11 Å². The van der Waals surface area contributed by atoms with Crippen LogP contribution in [0.15, 0.2) is 170 Å². The molecule has 0 aliphatic rings. The van der Waals surface area contributed by atoms with E-state index >= 15 is 0 Å². The zero-order valence-corrected chi connectivity index (χ0v) is 37.8. The number of nitrogens with zero attached hydrogens (tertiary/aromatic N) is 3. The Hall–Kier alpha value is -7.04. The first-order valence-corrected chi connectivity index (χ1v) is 22.5. The molecule has 9 rings (SSSR count). The molecule has 0 aliphatic heterocycles. The number of imidazole rings is 1. The van der Waals surface area contributed by atoms with Gasteiger partial charge in [-0.3, -0.25) is 9.55 Å². The van der Waals surface area contributed by atoms with Gasteiger partial charge in [0.2, 0.25) is 0 Å². The van der Waals surface area contributed by atoms with Crippen molar-refractivity contribution < 1.29 is 9.22 Å². The van der Waals surface area contributed by atoms with Gasteiger partial charge in [0.25, 0.3) is 0 Å². The van der Waals surface area contributed by atoms with Crippen LogP contribution in [0.3, 0.4) is 0 Å². The number of aromatic hydroxyl groups is 1. The van der Waals surface area contributed by atoms with Gasteiger partial charge in [0.05, 0.1) is 28.0 Å². The van der Waals surface area contributed by atoms with Crippen molar-refractivity contribution in [1.29, 1.82) is 0 Å². The predicted molar refractivity (Wildman–Crippen MR) is 269 cm³/mol. The van der Waals surface area contributed by atoms with E-state index in [2.05, 4.69) is 180 Å². The van der Waals surface area contributed by atoms with Crippen molar-refractivity contribution in [2.24, 2.45) is 0 Å². The molecule has 2 heterocycles. The molecule has 0 aliphatic carbocycles. The van der Waals surface area contributed by atoms with E-state index in [1.165, 1.54) is 5.56 Å². The Labute approximate surface area is 383 Å². The second-order valence-electron chi connectivity index (χ2n) is 18.3. The summed E-state index contributed by atoms with van der Waals surface area (Å²) in [6.45, 7) is 13.3. The van der Waals surface area contributed by atoms with Crippen molar-refractivity contribution in [2.45, 2.75) is 79.0 Å². The van der Waals surface area contributed by atoms with Crippen molar-refractivity contribution in [3.63, 3.8) is 0 Å². The Morgan fingerprint density at radius 2 is 1.28 bits per heavy atom. The number of hydrogen-bond acceptors (Lipinski definition) is 3. The number of benzene rings is 7. The molecule has 2 aromatic heterocycles. The first kappa shape index (κ1) is 38.6. The molecule has 0 fully saturated rings. The van der Waals surface area contributed by atoms with E-state index in [-0.39, 0.29) is 23.0 Å². The van der Waals surface area contributed by atoms with Gasteiger partial charge in [-0.05, 0) is 135 Å². The minimum atomic E-state index is -2.17. The highest BCUT2D eigenvalue weighted by Gasteiger charge is 2.27. The van der Waals surface area contributed by atoms with Gasteiger partial charge in [0, 0.05) is 27.0 Å². The summed E-state index contributed by atoms with van der Waals surface area (Å²) in [5, 5.41) is 12.4. The van der Waals surface area contributed by atoms with Crippen molar-refractivity contribution in [3.8, 4) is 78.6 Å². The molecule has 64 heavy (non-hydrogen) atoms. The summed E-state index contributed by atoms with van der Waals surface area (Å²) in [7, 11) is 0. The van der Waals surface area contributed by atoms with Gasteiger partial charge in [0.15, 0.2) is 0 Å². The number of fused-ring (bicyclic) bond motifs is 1. The SMILES string of the molecule is [2H]C([2H])([2H])c1ccc(-c2ccnc(-c3cc(-c4ccccc4)cc(-c4cccc5c4nc(-c4cc(C(C)C)cc(C(C)C)c4O)n5-c4ccc(C(C)(C)CC)cc4-c4ccccc4)c3)c2)cc1. The van der Waals surface area contributed by atoms with Crippen LogP contribution in [-0.4, -0.2) is 19.6 Å². The first-order valence-electron chi connectivity index (χ1n) is 24.0. The van der Waals surface area contributed by atoms with Crippen LogP contribution >= 0.6 is 0 Å². The lowest BCUT2D eigenvalue weighted by Gasteiger charge is -2.26. The van der Waals surface area contributed by atoms with Crippen molar-refractivity contribution >= 4 is 11.0 Å². The fourth-order valence-electron chi connectivity index (χ4n) is 8.74. The van der Waals surface area contributed by atoms with Crippen molar-refractivity contribution in [3.05, 3.63) is 192 Å². The van der Waals surface area contributed by atoms with E-state index < -0.39 is 6.85 Å². The number of para-hydroxylation sites is 1. The number of aromatic nitrogens is 3. The molecule has 0 atom stereocenters. The molecule has 1 N–H and O–H groups in total. The van der Waals surface area contributed by atoms with Gasteiger partial charge >= 0.3 is 0 Å². The van der Waals surface area contributed by atoms with Gasteiger partial charge in [-0.1, -0.05) is 163 Å². The third kappa shape index (κ3) is 8.05. The van der Waals surface area contributed by atoms with Crippen LogP contribution in [-0.2, 0) is 5.41 Å². The van der Waals surface area contributed by atoms with Crippen molar-refractivity contribution in [1.82, 2.24) is 14.5 Å². The quantitative estimate of drug-likeness (QED) is 0.141. The second-order valence-corrected chi connectivity index (χ2v) is 18.3. The highest BCUT2D eigenvalue weighted by Crippen LogP contribution is 2.45. The van der Waals surface area contributed by atoms with Crippen LogP contribution in [0.25, 0.3) is 83.9 Å². The Balaban J connectivity index is 1.32. The standard InChI is InChI=1S/C60H57N3O/c1-9-60(7,8)49-27-28-55(52(37-49)43-19-14-11-15-20-43)63-56-22-16-21-50(57(56)62-59(63)53-35-45(38(2)3)34-51(39(4)5)58(53)64)47-31-46(41-17-12-10-13-18-41)32-48(33-47)54-36-44(29-30-61-54)42-25-23-40(6)24-26-42/h10-39,64H,9H2,1-8H3/i6D3. The van der Waals surface area contributed by atoms with Crippen molar-refractivity contribution in [2.75, 3.05) is 0 Å². The molecule has 7 aromatic carbocycles. The van der Waals surface area contributed by atoms with Gasteiger partial charge < -0.3 is 5.11 Å². The van der Waals surface area contributed by atoms with Gasteiger partial charge in [0.1, 0.15) is 11.6 Å². The number of aryl methyl sites for hydroxylation is 1. The lowest BCUT2D eigenvalue weighted by atomic mass is 9.81. The van der Waals surface area contributed by atoms with Crippen LogP contribution in [0.5, 0.6) is 5.75 Å². The largest absolute Gasteiger partial charge is 0.507 e. The van der Waals surface area contributed by atoms with Crippen LogP contribution in [0.1, 0.15) is 93.1 Å². The maximum Gasteiger partial charge on any atom is 0.149 e. The summed E-state index contributed by atoms with van der Waals surface area (Å²) in [6.07, 6.45) is 2.80. The van der Waals surface area contributed by atoms with E-state index in [1.54, 1.807) is 12.1 Å². The van der Waals surface area contributed by atoms with Crippen LogP contribution < -0.4 is 0 Å². The Morgan fingerprint density at radius 1 is 0.594 bits per heavy atom. The molecule has 0 amide bonds. The summed E-state index contributed by atoms with van der Waals surface area (Å²) >= 11 is 0. The molecular formula is C60H57N3O. The monoisotopic (exact) mass is 838 g/mol. The number of rotatable bonds is 11. The highest BCUT2D eigenvalue weighted by molar-refractivity contribution is 5.98. The molecule has 4 nitrogen and oxygen atoms in total. The summed E-state index contributed by atoms with van der Waals surface area (Å²) in [6, 6.07) is 56.2. The average molecular weight is 839 g/mol. The molecule has 9 aromatic rings. The molecule has 0 saturated carbocycles. The molecule has 0 radical (unpaired) electrons. The Bertz CT molecular complexity index is 3240. The summed E-state index contributed by atoms with van der Waals surface area (Å²) in [4.78, 5) is 10.6. The number of pyridine rings is 1. The maximum atomic E-state index is 12.4. The fraction of sp³-hybridized carbons (Fsp3) is 0.200. The summed E-state index contributed by atoms with van der Waals surface area (Å²) in [5.74, 6) is 1.22. The highest BCUT2D eigenvalue weighted by atomic mass is 16.3. The topological polar surface area (TPSA) is 50.9 Å². The smallest absolute Gasteiger partial charge is 0.149 e. The van der Waals surface area contributed by atoms with E-state index in [0.717, 1.165) is 90.0 Å². The lowest BCUT2D eigenvalue weighted by molar-refractivity contribution is 0.466. The molecule has 0 saturated heterocycles. The van der Waals surface area contributed by atoms with Crippen LogP contribution in [0.2, 0.25) is 0 Å². The Morgan fingerprint density at radius 3 is 1.97 bits per heavy atom. The molecule has 4 heteroatoms. The van der Waals surface area contributed by atoms with Gasteiger partial charge in [-0.15, -0.1) is 0 Å². The molecule has 0 spiro atoms. The van der Waals surface area contributed by atoms with E-state index in [4.69, 9.17) is 14.1 Å². The number of phenolic OH excluding ortho intramolecular Hbond substituents is 1. The van der Waals surface area contributed by atoms with Gasteiger partial charge in [-0.25, -0.2) is 4.98 Å². The zero-order valence-electron chi connectivity index (χ0n) is 40.8. The molecule has 318 valence electrons. The summed E-state index contributed by atoms with van der Waals surface area (Å²) in [5.41, 5.74) is 16.7. The maximum absolute atomic E-state index is 12.4.